The second-order valence-electron chi connectivity index (χ2n) is 13.4. The van der Waals surface area contributed by atoms with Crippen molar-refractivity contribution in [3.8, 4) is 17.0 Å². The number of carbonyl (C=O) groups excluding carboxylic acids is 2. The van der Waals surface area contributed by atoms with Crippen molar-refractivity contribution < 1.29 is 42.8 Å². The van der Waals surface area contributed by atoms with Gasteiger partial charge in [-0.1, -0.05) is 72.8 Å². The summed E-state index contributed by atoms with van der Waals surface area (Å²) in [7, 11) is 0. The Morgan fingerprint density at radius 1 is 0.891 bits per heavy atom. The van der Waals surface area contributed by atoms with Crippen molar-refractivity contribution in [2.24, 2.45) is 5.92 Å². The van der Waals surface area contributed by atoms with Crippen LogP contribution in [0, 0.1) is 5.92 Å². The molecule has 0 spiro atoms. The molecule has 14 heteroatoms. The average molecular weight is 750 g/mol. The van der Waals surface area contributed by atoms with Crippen LogP contribution in [0.5, 0.6) is 5.75 Å². The first-order valence-corrected chi connectivity index (χ1v) is 18.2. The largest absolute Gasteiger partial charge is 0.489 e. The summed E-state index contributed by atoms with van der Waals surface area (Å²) in [6.45, 7) is 1.16. The summed E-state index contributed by atoms with van der Waals surface area (Å²) < 4.78 is 33.6. The van der Waals surface area contributed by atoms with E-state index in [2.05, 4.69) is 20.7 Å². The van der Waals surface area contributed by atoms with Crippen LogP contribution < -0.4 is 15.5 Å². The molecule has 286 valence electrons. The van der Waals surface area contributed by atoms with Crippen molar-refractivity contribution >= 4 is 12.2 Å². The summed E-state index contributed by atoms with van der Waals surface area (Å²) in [6.07, 6.45) is 1.90. The molecule has 2 saturated heterocycles. The van der Waals surface area contributed by atoms with Crippen molar-refractivity contribution in [2.45, 2.75) is 57.1 Å². The number of nitrogens with zero attached hydrogens (tertiary/aromatic N) is 3. The second-order valence-corrected chi connectivity index (χ2v) is 13.4. The predicted octanol–water partition coefficient (Wildman–Crippen LogP) is 5.42. The van der Waals surface area contributed by atoms with Crippen LogP contribution in [0.1, 0.15) is 28.9 Å². The maximum absolute atomic E-state index is 13.4. The van der Waals surface area contributed by atoms with E-state index in [1.54, 1.807) is 6.20 Å². The summed E-state index contributed by atoms with van der Waals surface area (Å²) in [5.74, 6) is 0.999. The Bertz CT molecular complexity index is 1930. The van der Waals surface area contributed by atoms with Gasteiger partial charge in [-0.05, 0) is 53.8 Å². The monoisotopic (exact) mass is 749 g/mol. The number of aromatic nitrogens is 2. The topological polar surface area (TPSA) is 167 Å². The molecule has 0 bridgehead atoms. The highest BCUT2D eigenvalue weighted by Gasteiger charge is 2.44. The van der Waals surface area contributed by atoms with E-state index in [1.165, 1.54) is 17.6 Å². The quantitative estimate of drug-likeness (QED) is 0.110. The number of ether oxygens (including phenoxy) is 5. The number of oxazole rings is 1. The number of carbonyl (C=O) groups is 2. The summed E-state index contributed by atoms with van der Waals surface area (Å²) in [5.41, 5.74) is 7.22. The molecule has 55 heavy (non-hydrogen) atoms. The first kappa shape index (κ1) is 37.5. The Balaban J connectivity index is 1.05. The van der Waals surface area contributed by atoms with Gasteiger partial charge in [0.1, 0.15) is 18.5 Å². The number of hydrogen-bond acceptors (Lipinski definition) is 12. The highest BCUT2D eigenvalue weighted by atomic mass is 16.7. The second kappa shape index (κ2) is 18.5. The molecule has 0 aliphatic carbocycles. The van der Waals surface area contributed by atoms with Crippen molar-refractivity contribution in [1.82, 2.24) is 25.7 Å². The number of hydrazine groups is 1. The number of rotatable bonds is 16. The highest BCUT2D eigenvalue weighted by molar-refractivity contribution is 5.68. The third-order valence-electron chi connectivity index (χ3n) is 9.41. The van der Waals surface area contributed by atoms with Gasteiger partial charge in [-0.3, -0.25) is 10.4 Å². The number of pyridine rings is 1. The lowest BCUT2D eigenvalue weighted by atomic mass is 10.0. The molecule has 2 amide bonds. The van der Waals surface area contributed by atoms with Crippen LogP contribution in [0.3, 0.4) is 0 Å². The van der Waals surface area contributed by atoms with E-state index in [-0.39, 0.29) is 44.9 Å². The molecule has 7 rings (SSSR count). The van der Waals surface area contributed by atoms with E-state index in [0.717, 1.165) is 34.4 Å². The molecule has 2 aliphatic rings. The Hall–Kier alpha value is -5.80. The molecule has 3 aromatic carbocycles. The fourth-order valence-electron chi connectivity index (χ4n) is 6.52. The zero-order valence-corrected chi connectivity index (χ0v) is 30.1. The van der Waals surface area contributed by atoms with E-state index in [9.17, 15) is 14.7 Å². The first-order valence-electron chi connectivity index (χ1n) is 18.2. The summed E-state index contributed by atoms with van der Waals surface area (Å²) in [5, 5.41) is 16.3. The molecule has 5 aromatic rings. The van der Waals surface area contributed by atoms with Gasteiger partial charge in [0.05, 0.1) is 43.2 Å². The van der Waals surface area contributed by atoms with Crippen LogP contribution in [0.2, 0.25) is 0 Å². The molecule has 5 atom stereocenters. The number of fused-ring (bicyclic) bond motifs is 1. The van der Waals surface area contributed by atoms with Crippen LogP contribution in [0.25, 0.3) is 11.3 Å². The lowest BCUT2D eigenvalue weighted by molar-refractivity contribution is -0.0907. The standard InChI is InChI=1S/C41H43N5O9/c47-37(23-46(45-41(49)53-25-33-21-42-27-54-33)22-29-9-13-31(14-10-29)35-8-4-5-18-43-35)36(44-40(48)55-38-26-52-39-34(38)17-19-50-39)20-28-11-15-32(16-12-28)51-24-30-6-2-1-3-7-30/h1-16,18,21,27,34,36-39,47H,17,19-20,22-26H2,(H,44,48)(H,45,49). The lowest BCUT2D eigenvalue weighted by Gasteiger charge is -2.30. The van der Waals surface area contributed by atoms with Gasteiger partial charge < -0.3 is 38.5 Å². The molecule has 2 fully saturated rings. The van der Waals surface area contributed by atoms with Gasteiger partial charge in [0.15, 0.2) is 25.1 Å². The maximum Gasteiger partial charge on any atom is 0.422 e. The summed E-state index contributed by atoms with van der Waals surface area (Å²) in [4.78, 5) is 34.7. The average Bonchev–Trinajstić information content (AvgIpc) is 3.99. The van der Waals surface area contributed by atoms with Crippen LogP contribution in [0.4, 0.5) is 9.59 Å². The van der Waals surface area contributed by atoms with Gasteiger partial charge in [-0.25, -0.2) is 19.6 Å². The maximum atomic E-state index is 13.4. The van der Waals surface area contributed by atoms with E-state index in [1.807, 2.05) is 97.1 Å². The van der Waals surface area contributed by atoms with Gasteiger partial charge in [0, 0.05) is 24.8 Å². The number of hydrogen-bond donors (Lipinski definition) is 3. The minimum Gasteiger partial charge on any atom is -0.489 e. The van der Waals surface area contributed by atoms with Crippen LogP contribution >= 0.6 is 0 Å². The third-order valence-corrected chi connectivity index (χ3v) is 9.41. The van der Waals surface area contributed by atoms with Crippen molar-refractivity contribution in [2.75, 3.05) is 19.8 Å². The fraction of sp³-hybridized carbons (Fsp3) is 0.317. The van der Waals surface area contributed by atoms with Crippen molar-refractivity contribution in [3.05, 3.63) is 138 Å². The zero-order chi connectivity index (χ0) is 37.8. The Morgan fingerprint density at radius 3 is 2.45 bits per heavy atom. The smallest absolute Gasteiger partial charge is 0.422 e. The predicted molar refractivity (Wildman–Crippen MR) is 198 cm³/mol. The fourth-order valence-corrected chi connectivity index (χ4v) is 6.52. The number of aliphatic hydroxyl groups is 1. The third kappa shape index (κ3) is 10.7. The Labute approximate surface area is 318 Å². The van der Waals surface area contributed by atoms with Crippen LogP contribution in [0.15, 0.2) is 120 Å². The van der Waals surface area contributed by atoms with Gasteiger partial charge in [-0.2, -0.15) is 0 Å². The van der Waals surface area contributed by atoms with E-state index in [4.69, 9.17) is 28.1 Å². The normalized spacial score (nSPS) is 18.6. The number of aliphatic hydroxyl groups excluding tert-OH is 1. The summed E-state index contributed by atoms with van der Waals surface area (Å²) >= 11 is 0. The van der Waals surface area contributed by atoms with Crippen molar-refractivity contribution in [3.63, 3.8) is 0 Å². The number of benzene rings is 3. The number of alkyl carbamates (subject to hydrolysis) is 1. The highest BCUT2D eigenvalue weighted by Crippen LogP contribution is 2.33. The van der Waals surface area contributed by atoms with E-state index < -0.39 is 30.4 Å². The van der Waals surface area contributed by atoms with E-state index in [0.29, 0.717) is 24.7 Å². The Kier molecular flexibility index (Phi) is 12.6. The van der Waals surface area contributed by atoms with Gasteiger partial charge in [0.2, 0.25) is 0 Å². The van der Waals surface area contributed by atoms with Crippen molar-refractivity contribution in [1.29, 1.82) is 0 Å². The molecule has 3 N–H and O–H groups in total. The molecule has 2 aromatic heterocycles. The van der Waals surface area contributed by atoms with Crippen LogP contribution in [-0.2, 0) is 45.1 Å². The van der Waals surface area contributed by atoms with E-state index >= 15 is 0 Å². The van der Waals surface area contributed by atoms with Crippen LogP contribution in [-0.4, -0.2) is 76.6 Å². The number of amides is 2. The Morgan fingerprint density at radius 2 is 1.69 bits per heavy atom. The SMILES string of the molecule is O=C(NN(Cc1ccc(-c2ccccn2)cc1)CC(O)C(Cc1ccc(OCc2ccccc2)cc1)NC(=O)OC1COC2OCCC12)OCc1cnco1. The summed E-state index contributed by atoms with van der Waals surface area (Å²) in [6, 6.07) is 29.9. The van der Waals surface area contributed by atoms with Gasteiger partial charge in [-0.15, -0.1) is 0 Å². The number of nitrogens with one attached hydrogen (secondary N) is 2. The molecular weight excluding hydrogens is 706 g/mol. The first-order chi connectivity index (χ1) is 26.9. The molecule has 0 saturated carbocycles. The molecule has 5 unspecified atom stereocenters. The minimum atomic E-state index is -1.19. The lowest BCUT2D eigenvalue weighted by Crippen LogP contribution is -2.53. The zero-order valence-electron chi connectivity index (χ0n) is 30.1. The van der Waals surface area contributed by atoms with Gasteiger partial charge in [0.25, 0.3) is 0 Å². The molecular formula is C41H43N5O9. The minimum absolute atomic E-state index is 0.0516. The molecule has 4 heterocycles. The molecule has 14 nitrogen and oxygen atoms in total. The van der Waals surface area contributed by atoms with Gasteiger partial charge >= 0.3 is 12.2 Å². The molecule has 0 radical (unpaired) electrons. The molecule has 2 aliphatic heterocycles.